The van der Waals surface area contributed by atoms with E-state index in [9.17, 15) is 4.79 Å². The minimum Gasteiger partial charge on any atom is -0.289 e. The third-order valence-electron chi connectivity index (χ3n) is 3.17. The van der Waals surface area contributed by atoms with Crippen LogP contribution in [0, 0.1) is 6.92 Å². The van der Waals surface area contributed by atoms with Gasteiger partial charge < -0.3 is 0 Å². The number of hydrogen-bond donors (Lipinski definition) is 0. The molecular formula is C16H18OS. The quantitative estimate of drug-likeness (QED) is 0.753. The van der Waals surface area contributed by atoms with Crippen LogP contribution in [0.2, 0.25) is 0 Å². The molecule has 0 radical (unpaired) electrons. The first-order valence-corrected chi connectivity index (χ1v) is 7.59. The molecule has 0 N–H and O–H groups in total. The second-order valence-electron chi connectivity index (χ2n) is 4.64. The summed E-state index contributed by atoms with van der Waals surface area (Å²) in [5.74, 6) is 1.25. The summed E-state index contributed by atoms with van der Waals surface area (Å²) in [6.45, 7) is 2.03. The molecular weight excluding hydrogens is 240 g/mol. The minimum absolute atomic E-state index is 0.175. The minimum atomic E-state index is 0.175. The van der Waals surface area contributed by atoms with Crippen molar-refractivity contribution in [2.45, 2.75) is 19.8 Å². The molecule has 94 valence electrons. The maximum absolute atomic E-state index is 12.3. The van der Waals surface area contributed by atoms with Crippen molar-refractivity contribution in [3.8, 4) is 0 Å². The summed E-state index contributed by atoms with van der Waals surface area (Å²) < 4.78 is 0. The SMILES string of the molecule is CSCC1=CC=C(C(=O)c2ccc(C)cc2)CC1. The number of carbonyl (C=O) groups excluding carboxylic acids is 1. The lowest BCUT2D eigenvalue weighted by molar-refractivity contribution is 0.103. The Hall–Kier alpha value is -1.28. The molecule has 2 rings (SSSR count). The van der Waals surface area contributed by atoms with Crippen LogP contribution in [0.4, 0.5) is 0 Å². The molecule has 0 unspecified atom stereocenters. The van der Waals surface area contributed by atoms with Crippen molar-refractivity contribution in [2.75, 3.05) is 12.0 Å². The monoisotopic (exact) mass is 258 g/mol. The van der Waals surface area contributed by atoms with E-state index in [1.807, 2.05) is 49.0 Å². The summed E-state index contributed by atoms with van der Waals surface area (Å²) in [5.41, 5.74) is 4.35. The number of carbonyl (C=O) groups is 1. The lowest BCUT2D eigenvalue weighted by Crippen LogP contribution is -2.07. The zero-order valence-corrected chi connectivity index (χ0v) is 11.7. The number of benzene rings is 1. The number of hydrogen-bond acceptors (Lipinski definition) is 2. The molecule has 0 atom stereocenters. The number of ketones is 1. The molecule has 0 heterocycles. The van der Waals surface area contributed by atoms with E-state index in [-0.39, 0.29) is 5.78 Å². The van der Waals surface area contributed by atoms with Gasteiger partial charge in [0, 0.05) is 16.9 Å². The molecule has 0 saturated heterocycles. The molecule has 2 heteroatoms. The Balaban J connectivity index is 2.13. The maximum Gasteiger partial charge on any atom is 0.189 e. The van der Waals surface area contributed by atoms with E-state index in [4.69, 9.17) is 0 Å². The van der Waals surface area contributed by atoms with Gasteiger partial charge in [-0.2, -0.15) is 11.8 Å². The molecule has 0 spiro atoms. The van der Waals surface area contributed by atoms with Gasteiger partial charge in [-0.3, -0.25) is 4.79 Å². The number of allylic oxidation sites excluding steroid dienone is 3. The van der Waals surface area contributed by atoms with Crippen LogP contribution in [-0.4, -0.2) is 17.8 Å². The average Bonchev–Trinajstić information content (AvgIpc) is 2.40. The number of thioether (sulfide) groups is 1. The Labute approximate surface area is 113 Å². The Morgan fingerprint density at radius 1 is 1.17 bits per heavy atom. The number of Topliss-reactive ketones (excluding diaryl/α,β-unsaturated/α-hetero) is 1. The van der Waals surface area contributed by atoms with E-state index in [1.165, 1.54) is 11.1 Å². The summed E-state index contributed by atoms with van der Waals surface area (Å²) in [6.07, 6.45) is 8.11. The zero-order valence-electron chi connectivity index (χ0n) is 10.9. The molecule has 1 aliphatic rings. The molecule has 1 aromatic rings. The summed E-state index contributed by atoms with van der Waals surface area (Å²) in [4.78, 5) is 12.3. The molecule has 0 aliphatic heterocycles. The third-order valence-corrected chi connectivity index (χ3v) is 3.83. The third kappa shape index (κ3) is 3.14. The Morgan fingerprint density at radius 3 is 2.44 bits per heavy atom. The van der Waals surface area contributed by atoms with Crippen molar-refractivity contribution >= 4 is 17.5 Å². The highest BCUT2D eigenvalue weighted by Crippen LogP contribution is 2.23. The molecule has 0 amide bonds. The molecule has 18 heavy (non-hydrogen) atoms. The molecule has 1 nitrogen and oxygen atoms in total. The van der Waals surface area contributed by atoms with Gasteiger partial charge in [-0.15, -0.1) is 0 Å². The second-order valence-corrected chi connectivity index (χ2v) is 5.51. The van der Waals surface area contributed by atoms with E-state index in [1.54, 1.807) is 0 Å². The van der Waals surface area contributed by atoms with Crippen LogP contribution in [0.15, 0.2) is 47.6 Å². The summed E-state index contributed by atoms with van der Waals surface area (Å²) >= 11 is 1.83. The van der Waals surface area contributed by atoms with Crippen molar-refractivity contribution < 1.29 is 4.79 Å². The van der Waals surface area contributed by atoms with E-state index in [0.717, 1.165) is 29.7 Å². The molecule has 0 aromatic heterocycles. The summed E-state index contributed by atoms with van der Waals surface area (Å²) in [7, 11) is 0. The Morgan fingerprint density at radius 2 is 1.89 bits per heavy atom. The van der Waals surface area contributed by atoms with E-state index in [0.29, 0.717) is 0 Å². The Bertz CT molecular complexity index is 494. The first kappa shape index (κ1) is 13.2. The van der Waals surface area contributed by atoms with Crippen molar-refractivity contribution in [2.24, 2.45) is 0 Å². The largest absolute Gasteiger partial charge is 0.289 e. The van der Waals surface area contributed by atoms with Crippen LogP contribution in [0.25, 0.3) is 0 Å². The molecule has 0 fully saturated rings. The van der Waals surface area contributed by atoms with Gasteiger partial charge in [0.15, 0.2) is 5.78 Å². The first-order chi connectivity index (χ1) is 8.70. The maximum atomic E-state index is 12.3. The highest BCUT2D eigenvalue weighted by molar-refractivity contribution is 7.98. The molecule has 0 bridgehead atoms. The highest BCUT2D eigenvalue weighted by atomic mass is 32.2. The van der Waals surface area contributed by atoms with Gasteiger partial charge in [0.2, 0.25) is 0 Å². The highest BCUT2D eigenvalue weighted by Gasteiger charge is 2.14. The van der Waals surface area contributed by atoms with Crippen LogP contribution in [0.1, 0.15) is 28.8 Å². The van der Waals surface area contributed by atoms with Gasteiger partial charge in [0.25, 0.3) is 0 Å². The van der Waals surface area contributed by atoms with Gasteiger partial charge >= 0.3 is 0 Å². The van der Waals surface area contributed by atoms with E-state index in [2.05, 4.69) is 12.3 Å². The van der Waals surface area contributed by atoms with Crippen molar-refractivity contribution in [3.63, 3.8) is 0 Å². The summed E-state index contributed by atoms with van der Waals surface area (Å²) in [6, 6.07) is 7.82. The summed E-state index contributed by atoms with van der Waals surface area (Å²) in [5, 5.41) is 0. The van der Waals surface area contributed by atoms with Crippen LogP contribution in [0.5, 0.6) is 0 Å². The zero-order chi connectivity index (χ0) is 13.0. The number of aryl methyl sites for hydroxylation is 1. The van der Waals surface area contributed by atoms with E-state index >= 15 is 0 Å². The first-order valence-electron chi connectivity index (χ1n) is 6.19. The van der Waals surface area contributed by atoms with Crippen LogP contribution in [0.3, 0.4) is 0 Å². The van der Waals surface area contributed by atoms with Gasteiger partial charge in [-0.25, -0.2) is 0 Å². The van der Waals surface area contributed by atoms with Crippen molar-refractivity contribution in [1.82, 2.24) is 0 Å². The van der Waals surface area contributed by atoms with Crippen molar-refractivity contribution in [3.05, 3.63) is 58.7 Å². The van der Waals surface area contributed by atoms with Crippen molar-refractivity contribution in [1.29, 1.82) is 0 Å². The fourth-order valence-electron chi connectivity index (χ4n) is 2.07. The van der Waals surface area contributed by atoms with Gasteiger partial charge in [0.1, 0.15) is 0 Å². The lowest BCUT2D eigenvalue weighted by Gasteiger charge is -2.13. The molecule has 0 saturated carbocycles. The predicted octanol–water partition coefficient (Wildman–Crippen LogP) is 4.19. The Kier molecular flexibility index (Phi) is 4.43. The van der Waals surface area contributed by atoms with Crippen LogP contribution in [-0.2, 0) is 0 Å². The lowest BCUT2D eigenvalue weighted by atomic mass is 9.93. The molecule has 1 aliphatic carbocycles. The standard InChI is InChI=1S/C16H18OS/c1-12-3-7-14(8-4-12)16(17)15-9-5-13(6-10-15)11-18-2/h3-5,7-9H,6,10-11H2,1-2H3. The number of rotatable bonds is 4. The molecule has 1 aromatic carbocycles. The smallest absolute Gasteiger partial charge is 0.189 e. The van der Waals surface area contributed by atoms with Crippen LogP contribution >= 0.6 is 11.8 Å². The van der Waals surface area contributed by atoms with Crippen LogP contribution < -0.4 is 0 Å². The second kappa shape index (κ2) is 6.05. The van der Waals surface area contributed by atoms with Gasteiger partial charge in [-0.1, -0.05) is 47.6 Å². The average molecular weight is 258 g/mol. The predicted molar refractivity (Wildman–Crippen MR) is 79.3 cm³/mol. The fraction of sp³-hybridized carbons (Fsp3) is 0.312. The van der Waals surface area contributed by atoms with E-state index < -0.39 is 0 Å². The fourth-order valence-corrected chi connectivity index (χ4v) is 2.68. The normalized spacial score (nSPS) is 15.0. The topological polar surface area (TPSA) is 17.1 Å². The van der Waals surface area contributed by atoms with Gasteiger partial charge in [-0.05, 0) is 26.0 Å². The van der Waals surface area contributed by atoms with Gasteiger partial charge in [0.05, 0.1) is 0 Å².